The van der Waals surface area contributed by atoms with E-state index in [9.17, 15) is 24.5 Å². The SMILES string of the molecule is O=C(Oc1ccccc1[N+](=O)[O-])c1ccc(NC2=C(Cl)C(=O)N(c3ccc(Br)cc3)C2=O)cc1. The minimum absolute atomic E-state index is 0.107. The molecule has 0 saturated heterocycles. The van der Waals surface area contributed by atoms with Crippen LogP contribution in [-0.2, 0) is 9.59 Å². The second-order valence-electron chi connectivity index (χ2n) is 6.93. The fourth-order valence-electron chi connectivity index (χ4n) is 3.12. The molecule has 0 unspecified atom stereocenters. The highest BCUT2D eigenvalue weighted by Gasteiger charge is 2.38. The molecule has 1 heterocycles. The third-order valence-electron chi connectivity index (χ3n) is 4.77. The van der Waals surface area contributed by atoms with Gasteiger partial charge in [0.05, 0.1) is 16.2 Å². The van der Waals surface area contributed by atoms with Crippen molar-refractivity contribution in [3.63, 3.8) is 0 Å². The smallest absolute Gasteiger partial charge is 0.343 e. The first-order valence-corrected chi connectivity index (χ1v) is 10.8. The van der Waals surface area contributed by atoms with Gasteiger partial charge in [-0.1, -0.05) is 39.7 Å². The van der Waals surface area contributed by atoms with Crippen LogP contribution in [0.1, 0.15) is 10.4 Å². The molecule has 3 aromatic rings. The molecule has 170 valence electrons. The van der Waals surface area contributed by atoms with E-state index in [1.807, 2.05) is 0 Å². The summed E-state index contributed by atoms with van der Waals surface area (Å²) in [5.74, 6) is -2.27. The number of carbonyl (C=O) groups excluding carboxylic acids is 3. The van der Waals surface area contributed by atoms with Crippen molar-refractivity contribution in [3.8, 4) is 5.75 Å². The van der Waals surface area contributed by atoms with Gasteiger partial charge in [0.25, 0.3) is 11.8 Å². The van der Waals surface area contributed by atoms with Crippen molar-refractivity contribution in [2.75, 3.05) is 10.2 Å². The van der Waals surface area contributed by atoms with Gasteiger partial charge < -0.3 is 10.1 Å². The molecule has 34 heavy (non-hydrogen) atoms. The average Bonchev–Trinajstić information content (AvgIpc) is 3.03. The zero-order chi connectivity index (χ0) is 24.4. The van der Waals surface area contributed by atoms with E-state index < -0.39 is 22.7 Å². The Labute approximate surface area is 205 Å². The van der Waals surface area contributed by atoms with Gasteiger partial charge in [0, 0.05) is 16.2 Å². The van der Waals surface area contributed by atoms with Gasteiger partial charge in [-0.15, -0.1) is 0 Å². The zero-order valence-corrected chi connectivity index (χ0v) is 19.4. The van der Waals surface area contributed by atoms with Crippen molar-refractivity contribution < 1.29 is 24.0 Å². The summed E-state index contributed by atoms with van der Waals surface area (Å²) in [5.41, 5.74) is 0.421. The molecule has 1 N–H and O–H groups in total. The number of benzene rings is 3. The maximum Gasteiger partial charge on any atom is 0.343 e. The lowest BCUT2D eigenvalue weighted by atomic mass is 10.2. The van der Waals surface area contributed by atoms with E-state index in [0.717, 1.165) is 9.37 Å². The summed E-state index contributed by atoms with van der Waals surface area (Å²) in [6.07, 6.45) is 0. The van der Waals surface area contributed by atoms with Crippen molar-refractivity contribution in [1.82, 2.24) is 0 Å². The number of amides is 2. The van der Waals surface area contributed by atoms with Crippen LogP contribution in [0.3, 0.4) is 0 Å². The van der Waals surface area contributed by atoms with Gasteiger partial charge in [-0.25, -0.2) is 9.69 Å². The molecule has 0 spiro atoms. The van der Waals surface area contributed by atoms with Crippen LogP contribution >= 0.6 is 27.5 Å². The van der Waals surface area contributed by atoms with Gasteiger partial charge >= 0.3 is 11.7 Å². The number of hydrogen-bond acceptors (Lipinski definition) is 7. The number of anilines is 2. The first kappa shape index (κ1) is 23.1. The number of nitro groups is 1. The lowest BCUT2D eigenvalue weighted by Gasteiger charge is -2.15. The summed E-state index contributed by atoms with van der Waals surface area (Å²) in [5, 5.41) is 13.6. The van der Waals surface area contributed by atoms with E-state index in [0.29, 0.717) is 11.4 Å². The van der Waals surface area contributed by atoms with Gasteiger partial charge in [0.2, 0.25) is 5.75 Å². The van der Waals surface area contributed by atoms with Gasteiger partial charge in [-0.2, -0.15) is 0 Å². The standard InChI is InChI=1S/C23H13BrClN3O6/c24-14-7-11-16(12-8-14)27-21(29)19(25)20(22(27)30)26-15-9-5-13(6-10-15)23(31)34-18-4-2-1-3-17(18)28(32)33/h1-12,26H. The molecular formula is C23H13BrClN3O6. The van der Waals surface area contributed by atoms with Gasteiger partial charge in [0.15, 0.2) is 0 Å². The maximum atomic E-state index is 12.8. The Morgan fingerprint density at radius 1 is 0.971 bits per heavy atom. The van der Waals surface area contributed by atoms with Crippen molar-refractivity contribution in [2.45, 2.75) is 0 Å². The van der Waals surface area contributed by atoms with E-state index in [1.165, 1.54) is 48.5 Å². The first-order chi connectivity index (χ1) is 16.3. The van der Waals surface area contributed by atoms with E-state index in [-0.39, 0.29) is 27.7 Å². The molecule has 4 rings (SSSR count). The molecule has 2 amide bonds. The molecule has 0 fully saturated rings. The average molecular weight is 543 g/mol. The van der Waals surface area contributed by atoms with Crippen LogP contribution in [-0.4, -0.2) is 22.7 Å². The Bertz CT molecular complexity index is 1360. The molecule has 1 aliphatic rings. The molecule has 9 nitrogen and oxygen atoms in total. The predicted molar refractivity (Wildman–Crippen MR) is 128 cm³/mol. The molecule has 3 aromatic carbocycles. The van der Waals surface area contributed by atoms with E-state index >= 15 is 0 Å². The summed E-state index contributed by atoms with van der Waals surface area (Å²) in [6, 6.07) is 17.9. The highest BCUT2D eigenvalue weighted by molar-refractivity contribution is 9.10. The number of nitrogens with zero attached hydrogens (tertiary/aromatic N) is 2. The first-order valence-electron chi connectivity index (χ1n) is 9.63. The van der Waals surface area contributed by atoms with Gasteiger partial charge in [-0.3, -0.25) is 19.7 Å². The Morgan fingerprint density at radius 2 is 1.62 bits per heavy atom. The van der Waals surface area contributed by atoms with E-state index in [2.05, 4.69) is 21.2 Å². The van der Waals surface area contributed by atoms with Crippen molar-refractivity contribution in [1.29, 1.82) is 0 Å². The molecule has 0 radical (unpaired) electrons. The summed E-state index contributed by atoms with van der Waals surface area (Å²) in [6.45, 7) is 0. The minimum Gasteiger partial charge on any atom is -0.416 e. The topological polar surface area (TPSA) is 119 Å². The Kier molecular flexibility index (Phi) is 6.44. The molecule has 0 aliphatic carbocycles. The number of rotatable bonds is 6. The fourth-order valence-corrected chi connectivity index (χ4v) is 3.60. The maximum absolute atomic E-state index is 12.8. The summed E-state index contributed by atoms with van der Waals surface area (Å²) < 4.78 is 5.93. The third kappa shape index (κ3) is 4.54. The van der Waals surface area contributed by atoms with E-state index in [1.54, 1.807) is 24.3 Å². The second-order valence-corrected chi connectivity index (χ2v) is 8.22. The molecule has 0 atom stereocenters. The van der Waals surface area contributed by atoms with Crippen LogP contribution in [0.4, 0.5) is 17.1 Å². The summed E-state index contributed by atoms with van der Waals surface area (Å²) in [7, 11) is 0. The molecule has 11 heteroatoms. The van der Waals surface area contributed by atoms with Gasteiger partial charge in [-0.05, 0) is 54.6 Å². The van der Waals surface area contributed by atoms with Crippen LogP contribution in [0.15, 0.2) is 88.0 Å². The number of para-hydroxylation sites is 2. The number of ether oxygens (including phenoxy) is 1. The number of carbonyl (C=O) groups is 3. The van der Waals surface area contributed by atoms with Crippen molar-refractivity contribution in [2.24, 2.45) is 0 Å². The lowest BCUT2D eigenvalue weighted by molar-refractivity contribution is -0.385. The Morgan fingerprint density at radius 3 is 2.26 bits per heavy atom. The van der Waals surface area contributed by atoms with Crippen LogP contribution < -0.4 is 15.0 Å². The highest BCUT2D eigenvalue weighted by Crippen LogP contribution is 2.31. The fraction of sp³-hybridized carbons (Fsp3) is 0. The van der Waals surface area contributed by atoms with Crippen molar-refractivity contribution in [3.05, 3.63) is 104 Å². The molecule has 0 saturated carbocycles. The monoisotopic (exact) mass is 541 g/mol. The number of hydrogen-bond donors (Lipinski definition) is 1. The quantitative estimate of drug-likeness (QED) is 0.153. The van der Waals surface area contributed by atoms with Crippen LogP contribution in [0.25, 0.3) is 0 Å². The van der Waals surface area contributed by atoms with E-state index in [4.69, 9.17) is 16.3 Å². The highest BCUT2D eigenvalue weighted by atomic mass is 79.9. The molecule has 0 bridgehead atoms. The Balaban J connectivity index is 1.49. The largest absolute Gasteiger partial charge is 0.416 e. The molecular weight excluding hydrogens is 530 g/mol. The number of nitro benzene ring substituents is 1. The predicted octanol–water partition coefficient (Wildman–Crippen LogP) is 5.01. The summed E-state index contributed by atoms with van der Waals surface area (Å²) >= 11 is 9.42. The van der Waals surface area contributed by atoms with Crippen LogP contribution in [0.5, 0.6) is 5.75 Å². The number of halogens is 2. The number of imide groups is 1. The number of nitrogens with one attached hydrogen (secondary N) is 1. The summed E-state index contributed by atoms with van der Waals surface area (Å²) in [4.78, 5) is 49.2. The van der Waals surface area contributed by atoms with Crippen molar-refractivity contribution >= 4 is 62.4 Å². The zero-order valence-electron chi connectivity index (χ0n) is 17.0. The molecule has 1 aliphatic heterocycles. The van der Waals surface area contributed by atoms with Crippen LogP contribution in [0, 0.1) is 10.1 Å². The second kappa shape index (κ2) is 9.46. The Hall–Kier alpha value is -4.02. The van der Waals surface area contributed by atoms with Gasteiger partial charge in [0.1, 0.15) is 10.7 Å². The number of esters is 1. The third-order valence-corrected chi connectivity index (χ3v) is 5.65. The lowest BCUT2D eigenvalue weighted by Crippen LogP contribution is -2.32. The minimum atomic E-state index is -0.799. The van der Waals surface area contributed by atoms with Crippen LogP contribution in [0.2, 0.25) is 0 Å². The molecule has 0 aromatic heterocycles. The normalized spacial score (nSPS) is 13.3.